The zero-order valence-corrected chi connectivity index (χ0v) is 36.2. The molecule has 1 aromatic carbocycles. The third-order valence-corrected chi connectivity index (χ3v) is 14.4. The van der Waals surface area contributed by atoms with Crippen LogP contribution in [0, 0.1) is 35.5 Å². The molecule has 1 saturated carbocycles. The fourth-order valence-electron chi connectivity index (χ4n) is 10.2. The Kier molecular flexibility index (Phi) is 16.7. The Balaban J connectivity index is 1.47. The Hall–Kier alpha value is -2.71. The average Bonchev–Trinajstić information content (AvgIpc) is 3.90. The van der Waals surface area contributed by atoms with E-state index in [0.717, 1.165) is 37.7 Å². The van der Waals surface area contributed by atoms with Gasteiger partial charge in [-0.05, 0) is 74.8 Å². The maximum atomic E-state index is 14.4. The Morgan fingerprint density at radius 3 is 2.20 bits per heavy atom. The molecule has 2 N–H and O–H groups in total. The van der Waals surface area contributed by atoms with Crippen LogP contribution >= 0.6 is 0 Å². The van der Waals surface area contributed by atoms with E-state index in [9.17, 15) is 27.6 Å². The van der Waals surface area contributed by atoms with Crippen molar-refractivity contribution in [3.8, 4) is 0 Å². The van der Waals surface area contributed by atoms with Gasteiger partial charge in [-0.2, -0.15) is 0 Å². The van der Waals surface area contributed by atoms with Crippen LogP contribution in [0.1, 0.15) is 98.0 Å². The monoisotopic (exact) mass is 802 g/mol. The SMILES string of the molecule is CC[C@H](C)[C@@H]([C@@H](CC(=O)N1CCC[C@H]1[C@H](OC)[C@@H](C)C(=O)C[C@@H](Cc1ccccc1)CS(N)(=O)=O)OC)N(C)C(=O)[C@@H](CC(=O)[C@@H]1[C@H]2CC[C@H](C2)N1C)C(C)C. The van der Waals surface area contributed by atoms with E-state index >= 15 is 0 Å². The minimum atomic E-state index is -3.83. The summed E-state index contributed by atoms with van der Waals surface area (Å²) >= 11 is 0. The number of piperidine rings is 1. The molecule has 4 rings (SSSR count). The molecule has 0 unspecified atom stereocenters. The summed E-state index contributed by atoms with van der Waals surface area (Å²) in [5.74, 6) is -1.82. The second kappa shape index (κ2) is 20.3. The minimum absolute atomic E-state index is 0.00169. The number of likely N-dealkylation sites (tertiary alicyclic amines) is 2. The van der Waals surface area contributed by atoms with Crippen molar-refractivity contribution in [1.29, 1.82) is 0 Å². The van der Waals surface area contributed by atoms with Crippen LogP contribution in [0.25, 0.3) is 0 Å². The number of nitrogens with two attached hydrogens (primary N) is 1. The Morgan fingerprint density at radius 2 is 1.64 bits per heavy atom. The molecule has 3 aliphatic rings. The number of hydrogen-bond donors (Lipinski definition) is 1. The molecule has 13 heteroatoms. The summed E-state index contributed by atoms with van der Waals surface area (Å²) in [4.78, 5) is 62.0. The quantitative estimate of drug-likeness (QED) is 0.175. The summed E-state index contributed by atoms with van der Waals surface area (Å²) in [6.07, 6.45) is 4.83. The summed E-state index contributed by atoms with van der Waals surface area (Å²) in [5, 5.41) is 5.44. The van der Waals surface area contributed by atoms with Crippen LogP contribution < -0.4 is 5.14 Å². The highest BCUT2D eigenvalue weighted by molar-refractivity contribution is 7.89. The van der Waals surface area contributed by atoms with Crippen LogP contribution in [-0.2, 0) is 45.1 Å². The lowest BCUT2D eigenvalue weighted by molar-refractivity contribution is -0.149. The first kappa shape index (κ1) is 46.0. The number of rotatable bonds is 22. The van der Waals surface area contributed by atoms with E-state index in [1.807, 2.05) is 51.2 Å². The van der Waals surface area contributed by atoms with Gasteiger partial charge in [0.2, 0.25) is 21.8 Å². The van der Waals surface area contributed by atoms with Gasteiger partial charge in [0.05, 0.1) is 42.5 Å². The van der Waals surface area contributed by atoms with E-state index in [2.05, 4.69) is 18.7 Å². The number of methoxy groups -OCH3 is 2. The maximum Gasteiger partial charge on any atom is 0.226 e. The number of ether oxygens (including phenoxy) is 2. The second-order valence-corrected chi connectivity index (χ2v) is 19.2. The predicted molar refractivity (Wildman–Crippen MR) is 218 cm³/mol. The number of nitrogens with zero attached hydrogens (tertiary/aromatic N) is 3. The molecule has 2 saturated heterocycles. The van der Waals surface area contributed by atoms with E-state index in [1.165, 1.54) is 0 Å². The molecular weight excluding hydrogens is 733 g/mol. The summed E-state index contributed by atoms with van der Waals surface area (Å²) in [6, 6.07) is 8.99. The molecule has 2 heterocycles. The van der Waals surface area contributed by atoms with Gasteiger partial charge in [-0.25, -0.2) is 13.6 Å². The lowest BCUT2D eigenvalue weighted by Crippen LogP contribution is -2.54. The number of likely N-dealkylation sites (N-methyl/N-ethyl adjacent to an activating group) is 2. The molecule has 2 bridgehead atoms. The summed E-state index contributed by atoms with van der Waals surface area (Å²) in [7, 11) is 3.12. The van der Waals surface area contributed by atoms with Crippen LogP contribution in [0.5, 0.6) is 0 Å². The van der Waals surface area contributed by atoms with Crippen LogP contribution in [0.2, 0.25) is 0 Å². The number of ketones is 2. The van der Waals surface area contributed by atoms with Crippen molar-refractivity contribution in [2.24, 2.45) is 40.6 Å². The van der Waals surface area contributed by atoms with Crippen molar-refractivity contribution in [2.45, 2.75) is 135 Å². The zero-order chi connectivity index (χ0) is 41.5. The largest absolute Gasteiger partial charge is 0.379 e. The topological polar surface area (TPSA) is 157 Å². The van der Waals surface area contributed by atoms with Crippen molar-refractivity contribution in [2.75, 3.05) is 40.6 Å². The average molecular weight is 803 g/mol. The fourth-order valence-corrected chi connectivity index (χ4v) is 11.1. The molecule has 2 amide bonds. The number of hydrogen-bond acceptors (Lipinski definition) is 9. The number of sulfonamides is 1. The number of benzene rings is 1. The van der Waals surface area contributed by atoms with Gasteiger partial charge < -0.3 is 19.3 Å². The molecule has 0 radical (unpaired) electrons. The van der Waals surface area contributed by atoms with E-state index in [1.54, 1.807) is 38.0 Å². The van der Waals surface area contributed by atoms with Gasteiger partial charge >= 0.3 is 0 Å². The molecular formula is C43H70N4O8S. The molecule has 1 aliphatic carbocycles. The minimum Gasteiger partial charge on any atom is -0.379 e. The third kappa shape index (κ3) is 11.3. The summed E-state index contributed by atoms with van der Waals surface area (Å²) < 4.78 is 36.3. The van der Waals surface area contributed by atoms with Gasteiger partial charge in [-0.1, -0.05) is 71.4 Å². The number of primary sulfonamides is 1. The smallest absolute Gasteiger partial charge is 0.226 e. The first-order valence-electron chi connectivity index (χ1n) is 20.9. The molecule has 0 spiro atoms. The highest BCUT2D eigenvalue weighted by Gasteiger charge is 2.48. The van der Waals surface area contributed by atoms with Gasteiger partial charge in [-0.3, -0.25) is 24.1 Å². The standard InChI is InChI=1S/C43H70N4O8S/c1-10-28(4)40(46(7)43(51)34(27(2)3)24-37(49)41-32-18-19-33(23-32)45(41)6)38(54-8)25-39(50)47-20-14-17-35(47)42(55-9)29(5)36(48)22-31(26-56(44,52)53)21-30-15-12-11-13-16-30/h11-13,15-16,27-29,31-35,38,40-42H,10,14,17-26H2,1-9H3,(H2,44,52,53)/t28-,29-,31+,32-,33+,34-,35-,38+,40-,41-,42+/m0/s1. The number of amides is 2. The van der Waals surface area contributed by atoms with Crippen molar-refractivity contribution < 1.29 is 37.1 Å². The summed E-state index contributed by atoms with van der Waals surface area (Å²) in [6.45, 7) is 10.4. The normalized spacial score (nSPS) is 25.1. The van der Waals surface area contributed by atoms with Gasteiger partial charge in [0.15, 0.2) is 5.78 Å². The number of carbonyl (C=O) groups excluding carboxylic acids is 4. The maximum absolute atomic E-state index is 14.4. The van der Waals surface area contributed by atoms with Crippen molar-refractivity contribution in [1.82, 2.24) is 14.7 Å². The molecule has 1 aromatic rings. The number of fused-ring (bicyclic) bond motifs is 2. The fraction of sp³-hybridized carbons (Fsp3) is 0.767. The van der Waals surface area contributed by atoms with Gasteiger partial charge in [0, 0.05) is 58.5 Å². The Bertz CT molecular complexity index is 1590. The number of Topliss-reactive ketones (excluding diaryl/α,β-unsaturated/α-hetero) is 2. The first-order valence-corrected chi connectivity index (χ1v) is 22.6. The number of carbonyl (C=O) groups is 4. The van der Waals surface area contributed by atoms with Crippen LogP contribution in [0.3, 0.4) is 0 Å². The van der Waals surface area contributed by atoms with E-state index in [4.69, 9.17) is 14.6 Å². The molecule has 316 valence electrons. The Morgan fingerprint density at radius 1 is 0.964 bits per heavy atom. The predicted octanol–water partition coefficient (Wildman–Crippen LogP) is 4.73. The Labute approximate surface area is 336 Å². The van der Waals surface area contributed by atoms with Crippen LogP contribution in [0.4, 0.5) is 0 Å². The molecule has 11 atom stereocenters. The third-order valence-electron chi connectivity index (χ3n) is 13.5. The van der Waals surface area contributed by atoms with Crippen LogP contribution in [-0.4, -0.2) is 123 Å². The molecule has 2 aliphatic heterocycles. The highest BCUT2D eigenvalue weighted by atomic mass is 32.2. The lowest BCUT2D eigenvalue weighted by Gasteiger charge is -2.41. The molecule has 56 heavy (non-hydrogen) atoms. The summed E-state index contributed by atoms with van der Waals surface area (Å²) in [5.41, 5.74) is 0.921. The van der Waals surface area contributed by atoms with Crippen LogP contribution in [0.15, 0.2) is 30.3 Å². The van der Waals surface area contributed by atoms with E-state index in [-0.39, 0.29) is 72.3 Å². The zero-order valence-electron chi connectivity index (χ0n) is 35.4. The van der Waals surface area contributed by atoms with Gasteiger partial charge in [0.25, 0.3) is 0 Å². The van der Waals surface area contributed by atoms with Crippen molar-refractivity contribution in [3.63, 3.8) is 0 Å². The lowest BCUT2D eigenvalue weighted by atomic mass is 9.83. The molecule has 3 fully saturated rings. The van der Waals surface area contributed by atoms with E-state index < -0.39 is 46.0 Å². The van der Waals surface area contributed by atoms with E-state index in [0.29, 0.717) is 31.3 Å². The van der Waals surface area contributed by atoms with Crippen molar-refractivity contribution in [3.05, 3.63) is 35.9 Å². The first-order chi connectivity index (χ1) is 26.4. The van der Waals surface area contributed by atoms with Gasteiger partial charge in [0.1, 0.15) is 5.78 Å². The molecule has 0 aromatic heterocycles. The highest BCUT2D eigenvalue weighted by Crippen LogP contribution is 2.42. The second-order valence-electron chi connectivity index (χ2n) is 17.5. The van der Waals surface area contributed by atoms with Gasteiger partial charge in [-0.15, -0.1) is 0 Å². The molecule has 12 nitrogen and oxygen atoms in total. The van der Waals surface area contributed by atoms with Crippen molar-refractivity contribution >= 4 is 33.4 Å².